The highest BCUT2D eigenvalue weighted by Crippen LogP contribution is 2.22. The van der Waals surface area contributed by atoms with Gasteiger partial charge in [0.2, 0.25) is 0 Å². The number of piperazine rings is 1. The highest BCUT2D eigenvalue weighted by Gasteiger charge is 2.39. The van der Waals surface area contributed by atoms with Crippen LogP contribution in [0.25, 0.3) is 0 Å². The molecule has 2 fully saturated rings. The molecule has 1 N–H and O–H groups in total. The molecule has 9 heteroatoms. The summed E-state index contributed by atoms with van der Waals surface area (Å²) in [6, 6.07) is 10.9. The van der Waals surface area contributed by atoms with E-state index in [4.69, 9.17) is 11.6 Å². The van der Waals surface area contributed by atoms with Crippen LogP contribution in [0, 0.1) is 5.82 Å². The lowest BCUT2D eigenvalue weighted by Gasteiger charge is -2.38. The lowest BCUT2D eigenvalue weighted by molar-refractivity contribution is 0.0376. The predicted octanol–water partition coefficient (Wildman–Crippen LogP) is 2.88. The van der Waals surface area contributed by atoms with Crippen molar-refractivity contribution in [3.05, 3.63) is 68.9 Å². The van der Waals surface area contributed by atoms with Crippen LogP contribution in [0.3, 0.4) is 0 Å². The number of amides is 2. The van der Waals surface area contributed by atoms with Gasteiger partial charge in [-0.15, -0.1) is 0 Å². The smallest absolute Gasteiger partial charge is 0.254 e. The molecule has 2 aliphatic rings. The molecular weight excluding hydrogens is 489 g/mol. The molecule has 4 rings (SSSR count). The number of rotatable bonds is 3. The van der Waals surface area contributed by atoms with Crippen LogP contribution in [0.5, 0.6) is 0 Å². The molecule has 2 amide bonds. The Bertz CT molecular complexity index is 982. The summed E-state index contributed by atoms with van der Waals surface area (Å²) in [7, 11) is 0. The molecule has 0 saturated carbocycles. The van der Waals surface area contributed by atoms with E-state index in [1.54, 1.807) is 40.1 Å². The molecular formula is C22H22BrClFN3O3. The Morgan fingerprint density at radius 1 is 0.935 bits per heavy atom. The van der Waals surface area contributed by atoms with Crippen LogP contribution in [0.2, 0.25) is 5.02 Å². The van der Waals surface area contributed by atoms with E-state index in [-0.39, 0.29) is 24.4 Å². The van der Waals surface area contributed by atoms with Crippen LogP contribution < -0.4 is 0 Å². The van der Waals surface area contributed by atoms with Crippen LogP contribution in [0.4, 0.5) is 4.39 Å². The number of hydrogen-bond donors (Lipinski definition) is 1. The number of likely N-dealkylation sites (tertiary alicyclic amines) is 1. The molecule has 2 heterocycles. The third-order valence-electron chi connectivity index (χ3n) is 5.87. The van der Waals surface area contributed by atoms with Crippen LogP contribution in [0.1, 0.15) is 20.7 Å². The standard InChI is InChI=1S/C22H22BrClFN3O3/c23-17-6-3-15(11-18(17)25)22(31)27-9-7-26(8-10-27)19-12-28(13-20(19)29)21(30)14-1-4-16(24)5-2-14/h1-6,11,19-20,29H,7-10,12-13H2. The van der Waals surface area contributed by atoms with Gasteiger partial charge in [-0.2, -0.15) is 0 Å². The first kappa shape index (κ1) is 22.2. The summed E-state index contributed by atoms with van der Waals surface area (Å²) >= 11 is 8.99. The number of carbonyl (C=O) groups is 2. The van der Waals surface area contributed by atoms with Gasteiger partial charge < -0.3 is 14.9 Å². The van der Waals surface area contributed by atoms with Crippen molar-refractivity contribution in [2.45, 2.75) is 12.1 Å². The number of nitrogens with zero attached hydrogens (tertiary/aromatic N) is 3. The molecule has 0 radical (unpaired) electrons. The molecule has 31 heavy (non-hydrogen) atoms. The summed E-state index contributed by atoms with van der Waals surface area (Å²) in [6.07, 6.45) is -0.654. The summed E-state index contributed by atoms with van der Waals surface area (Å²) in [5.74, 6) is -0.814. The molecule has 0 spiro atoms. The van der Waals surface area contributed by atoms with Crippen molar-refractivity contribution in [3.63, 3.8) is 0 Å². The van der Waals surface area contributed by atoms with E-state index in [2.05, 4.69) is 20.8 Å². The summed E-state index contributed by atoms with van der Waals surface area (Å²) in [4.78, 5) is 30.9. The molecule has 2 aromatic rings. The minimum absolute atomic E-state index is 0.135. The zero-order valence-corrected chi connectivity index (χ0v) is 19.0. The average molecular weight is 511 g/mol. The first-order valence-corrected chi connectivity index (χ1v) is 11.2. The van der Waals surface area contributed by atoms with Crippen LogP contribution in [-0.4, -0.2) is 83.0 Å². The number of aliphatic hydroxyl groups excluding tert-OH is 1. The fourth-order valence-corrected chi connectivity index (χ4v) is 4.51. The Morgan fingerprint density at radius 2 is 1.55 bits per heavy atom. The third kappa shape index (κ3) is 4.77. The maximum atomic E-state index is 13.8. The van der Waals surface area contributed by atoms with Gasteiger partial charge in [-0.25, -0.2) is 4.39 Å². The maximum Gasteiger partial charge on any atom is 0.254 e. The van der Waals surface area contributed by atoms with E-state index >= 15 is 0 Å². The van der Waals surface area contributed by atoms with Crippen LogP contribution in [0.15, 0.2) is 46.9 Å². The van der Waals surface area contributed by atoms with Gasteiger partial charge in [0.1, 0.15) is 5.82 Å². The molecule has 2 aromatic carbocycles. The highest BCUT2D eigenvalue weighted by molar-refractivity contribution is 9.10. The molecule has 0 aromatic heterocycles. The van der Waals surface area contributed by atoms with Crippen LogP contribution in [-0.2, 0) is 0 Å². The molecule has 2 atom stereocenters. The number of aliphatic hydroxyl groups is 1. The molecule has 6 nitrogen and oxygen atoms in total. The first-order valence-electron chi connectivity index (χ1n) is 10.0. The molecule has 0 bridgehead atoms. The molecule has 2 saturated heterocycles. The second-order valence-corrected chi connectivity index (χ2v) is 9.10. The largest absolute Gasteiger partial charge is 0.390 e. The van der Waals surface area contributed by atoms with Gasteiger partial charge in [-0.05, 0) is 58.4 Å². The van der Waals surface area contributed by atoms with Crippen molar-refractivity contribution < 1.29 is 19.1 Å². The van der Waals surface area contributed by atoms with Crippen molar-refractivity contribution in [1.29, 1.82) is 0 Å². The van der Waals surface area contributed by atoms with Crippen molar-refractivity contribution in [1.82, 2.24) is 14.7 Å². The summed E-state index contributed by atoms with van der Waals surface area (Å²) < 4.78 is 14.1. The Morgan fingerprint density at radius 3 is 2.19 bits per heavy atom. The minimum atomic E-state index is -0.654. The van der Waals surface area contributed by atoms with Gasteiger partial charge in [-0.1, -0.05) is 11.6 Å². The van der Waals surface area contributed by atoms with E-state index in [1.807, 2.05) is 0 Å². The fraction of sp³-hybridized carbons (Fsp3) is 0.364. The summed E-state index contributed by atoms with van der Waals surface area (Å²) in [6.45, 7) is 2.80. The zero-order valence-electron chi connectivity index (χ0n) is 16.7. The monoisotopic (exact) mass is 509 g/mol. The van der Waals surface area contributed by atoms with E-state index in [0.29, 0.717) is 53.3 Å². The lowest BCUT2D eigenvalue weighted by Crippen LogP contribution is -2.54. The topological polar surface area (TPSA) is 64.1 Å². The zero-order chi connectivity index (χ0) is 22.1. The Balaban J connectivity index is 1.35. The van der Waals surface area contributed by atoms with Gasteiger partial charge in [0.25, 0.3) is 11.8 Å². The number of β-amino-alcohol motifs (C(OH)–C–C–N with tert-alkyl or cyclic N) is 1. The summed E-state index contributed by atoms with van der Waals surface area (Å²) in [5.41, 5.74) is 0.851. The highest BCUT2D eigenvalue weighted by atomic mass is 79.9. The van der Waals surface area contributed by atoms with E-state index in [0.717, 1.165) is 0 Å². The quantitative estimate of drug-likeness (QED) is 0.690. The number of benzene rings is 2. The molecule has 0 aliphatic carbocycles. The number of halogens is 3. The van der Waals surface area contributed by atoms with Crippen molar-refractivity contribution >= 4 is 39.3 Å². The van der Waals surface area contributed by atoms with E-state index in [1.165, 1.54) is 12.1 Å². The van der Waals surface area contributed by atoms with Gasteiger partial charge in [0.15, 0.2) is 0 Å². The average Bonchev–Trinajstić information content (AvgIpc) is 3.17. The van der Waals surface area contributed by atoms with Crippen LogP contribution >= 0.6 is 27.5 Å². The van der Waals surface area contributed by atoms with E-state index < -0.39 is 11.9 Å². The van der Waals surface area contributed by atoms with Crippen molar-refractivity contribution in [2.75, 3.05) is 39.3 Å². The third-order valence-corrected chi connectivity index (χ3v) is 6.77. The van der Waals surface area contributed by atoms with Crippen molar-refractivity contribution in [3.8, 4) is 0 Å². The van der Waals surface area contributed by atoms with Gasteiger partial charge >= 0.3 is 0 Å². The molecule has 164 valence electrons. The minimum Gasteiger partial charge on any atom is -0.390 e. The van der Waals surface area contributed by atoms with Gasteiger partial charge in [0, 0.05) is 55.4 Å². The maximum absolute atomic E-state index is 13.8. The number of carbonyl (C=O) groups excluding carboxylic acids is 2. The Labute approximate surface area is 193 Å². The predicted molar refractivity (Wildman–Crippen MR) is 119 cm³/mol. The second-order valence-electron chi connectivity index (χ2n) is 7.81. The van der Waals surface area contributed by atoms with Gasteiger partial charge in [0.05, 0.1) is 16.6 Å². The fourth-order valence-electron chi connectivity index (χ4n) is 4.14. The Hall–Kier alpha value is -2.00. The first-order chi connectivity index (χ1) is 14.8. The summed E-state index contributed by atoms with van der Waals surface area (Å²) in [5, 5.41) is 11.1. The van der Waals surface area contributed by atoms with Gasteiger partial charge in [-0.3, -0.25) is 14.5 Å². The molecule has 2 unspecified atom stereocenters. The SMILES string of the molecule is O=C(c1ccc(Br)c(F)c1)N1CCN(C2CN(C(=O)c3ccc(Cl)cc3)CC2O)CC1. The normalized spacial score (nSPS) is 22.1. The number of hydrogen-bond acceptors (Lipinski definition) is 4. The Kier molecular flexibility index (Phi) is 6.62. The van der Waals surface area contributed by atoms with E-state index in [9.17, 15) is 19.1 Å². The second kappa shape index (κ2) is 9.24. The molecule has 2 aliphatic heterocycles. The lowest BCUT2D eigenvalue weighted by atomic mass is 10.1. The van der Waals surface area contributed by atoms with Crippen molar-refractivity contribution in [2.24, 2.45) is 0 Å².